The maximum atomic E-state index is 14.2. The number of benzene rings is 2. The summed E-state index contributed by atoms with van der Waals surface area (Å²) in [4.78, 5) is 30.7. The summed E-state index contributed by atoms with van der Waals surface area (Å²) in [6.45, 7) is 2.05. The summed E-state index contributed by atoms with van der Waals surface area (Å²) in [6, 6.07) is 10.2. The minimum Gasteiger partial charge on any atom is -0.340 e. The third-order valence-corrected chi connectivity index (χ3v) is 6.78. The van der Waals surface area contributed by atoms with Gasteiger partial charge < -0.3 is 9.80 Å². The summed E-state index contributed by atoms with van der Waals surface area (Å²) in [5, 5.41) is 4.66. The first-order valence-electron chi connectivity index (χ1n) is 11.6. The van der Waals surface area contributed by atoms with Crippen molar-refractivity contribution in [3.05, 3.63) is 87.7 Å². The topological polar surface area (TPSA) is 61.7 Å². The molecule has 0 fully saturated rings. The quantitative estimate of drug-likeness (QED) is 0.352. The van der Waals surface area contributed by atoms with Gasteiger partial charge in [-0.2, -0.15) is 5.10 Å². The van der Waals surface area contributed by atoms with Crippen molar-refractivity contribution in [1.29, 1.82) is 0 Å². The average Bonchev–Trinajstić information content (AvgIpc) is 3.36. The summed E-state index contributed by atoms with van der Waals surface area (Å²) in [5.74, 6) is -1.64. The molecule has 1 heterocycles. The monoisotopic (exact) mass is 551 g/mol. The summed E-state index contributed by atoms with van der Waals surface area (Å²) in [6.07, 6.45) is 3.43. The van der Waals surface area contributed by atoms with E-state index in [2.05, 4.69) is 5.10 Å². The Morgan fingerprint density at radius 3 is 1.78 bits per heavy atom. The van der Waals surface area contributed by atoms with Gasteiger partial charge in [-0.3, -0.25) is 19.2 Å². The lowest BCUT2D eigenvalue weighted by atomic mass is 10.2. The fraction of sp³-hybridized carbons (Fsp3) is 0.346. The zero-order chi connectivity index (χ0) is 27.1. The fourth-order valence-electron chi connectivity index (χ4n) is 3.77. The smallest absolute Gasteiger partial charge is 0.236 e. The molecule has 3 rings (SSSR count). The molecule has 3 aromatic rings. The average molecular weight is 552 g/mol. The number of amides is 2. The van der Waals surface area contributed by atoms with Gasteiger partial charge >= 0.3 is 0 Å². The van der Waals surface area contributed by atoms with Gasteiger partial charge in [0, 0.05) is 66.8 Å². The van der Waals surface area contributed by atoms with Crippen molar-refractivity contribution in [2.75, 3.05) is 27.2 Å². The van der Waals surface area contributed by atoms with Crippen molar-refractivity contribution in [3.8, 4) is 0 Å². The predicted octanol–water partition coefficient (Wildman–Crippen LogP) is 4.48. The van der Waals surface area contributed by atoms with Crippen molar-refractivity contribution in [2.45, 2.75) is 32.6 Å². The lowest BCUT2D eigenvalue weighted by Gasteiger charge is -2.31. The molecular formula is C26H29Cl2F2N5O2. The molecule has 37 heavy (non-hydrogen) atoms. The molecule has 0 saturated carbocycles. The van der Waals surface area contributed by atoms with Gasteiger partial charge in [0.05, 0.1) is 19.6 Å². The number of aromatic nitrogens is 2. The molecule has 2 aromatic carbocycles. The third kappa shape index (κ3) is 7.74. The highest BCUT2D eigenvalue weighted by Crippen LogP contribution is 2.22. The molecule has 0 saturated heterocycles. The van der Waals surface area contributed by atoms with E-state index in [0.29, 0.717) is 6.54 Å². The standard InChI is InChI=1S/C26H29Cl2F2N5O2/c1-18(13-35-12-6-11-31-35)34(16-25(36)32(2)14-19-21(27)7-4-9-23(19)29)17-26(37)33(3)15-20-22(28)8-5-10-24(20)30/h4-12,18H,13-17H2,1-3H3/t18-/m1/s1. The molecule has 1 aromatic heterocycles. The van der Waals surface area contributed by atoms with Crippen LogP contribution in [0.2, 0.25) is 10.0 Å². The van der Waals surface area contributed by atoms with Crippen LogP contribution < -0.4 is 0 Å². The number of carbonyl (C=O) groups is 2. The molecule has 0 unspecified atom stereocenters. The summed E-state index contributed by atoms with van der Waals surface area (Å²) in [7, 11) is 3.10. The molecule has 0 radical (unpaired) electrons. The van der Waals surface area contributed by atoms with Crippen LogP contribution in [0.15, 0.2) is 54.9 Å². The Kier molecular flexibility index (Phi) is 10.0. The van der Waals surface area contributed by atoms with Crippen LogP contribution in [0, 0.1) is 11.6 Å². The molecule has 7 nitrogen and oxygen atoms in total. The van der Waals surface area contributed by atoms with Gasteiger partial charge in [0.25, 0.3) is 0 Å². The number of hydrogen-bond acceptors (Lipinski definition) is 4. The van der Waals surface area contributed by atoms with Crippen LogP contribution in [-0.4, -0.2) is 69.5 Å². The van der Waals surface area contributed by atoms with Crippen LogP contribution >= 0.6 is 23.2 Å². The molecule has 0 N–H and O–H groups in total. The lowest BCUT2D eigenvalue weighted by Crippen LogP contribution is -2.48. The molecule has 0 aliphatic rings. The second-order valence-electron chi connectivity index (χ2n) is 8.88. The van der Waals surface area contributed by atoms with Crippen molar-refractivity contribution in [3.63, 3.8) is 0 Å². The SMILES string of the molecule is C[C@H](Cn1cccn1)N(CC(=O)N(C)Cc1c(F)cccc1Cl)CC(=O)N(C)Cc1c(F)cccc1Cl. The Bertz CT molecular complexity index is 1110. The molecule has 1 atom stereocenters. The molecule has 2 amide bonds. The third-order valence-electron chi connectivity index (χ3n) is 6.08. The van der Waals surface area contributed by atoms with E-state index in [4.69, 9.17) is 23.2 Å². The van der Waals surface area contributed by atoms with Gasteiger partial charge in [0.1, 0.15) is 11.6 Å². The van der Waals surface area contributed by atoms with E-state index in [0.717, 1.165) is 0 Å². The van der Waals surface area contributed by atoms with Crippen molar-refractivity contribution >= 4 is 35.0 Å². The maximum Gasteiger partial charge on any atom is 0.236 e. The highest BCUT2D eigenvalue weighted by Gasteiger charge is 2.25. The molecule has 0 spiro atoms. The highest BCUT2D eigenvalue weighted by molar-refractivity contribution is 6.31. The van der Waals surface area contributed by atoms with Crippen LogP contribution in [0.1, 0.15) is 18.1 Å². The summed E-state index contributed by atoms with van der Waals surface area (Å²) >= 11 is 12.2. The first-order chi connectivity index (χ1) is 17.6. The van der Waals surface area contributed by atoms with Gasteiger partial charge in [-0.1, -0.05) is 35.3 Å². The second kappa shape index (κ2) is 13.0. The minimum atomic E-state index is -0.500. The molecule has 0 bridgehead atoms. The Hall–Kier alpha value is -3.01. The van der Waals surface area contributed by atoms with E-state index >= 15 is 0 Å². The van der Waals surface area contributed by atoms with Crippen LogP contribution in [0.3, 0.4) is 0 Å². The predicted molar refractivity (Wildman–Crippen MR) is 139 cm³/mol. The Morgan fingerprint density at radius 1 is 0.892 bits per heavy atom. The first kappa shape index (κ1) is 28.6. The van der Waals surface area contributed by atoms with Gasteiger partial charge in [-0.05, 0) is 37.3 Å². The highest BCUT2D eigenvalue weighted by atomic mass is 35.5. The van der Waals surface area contributed by atoms with E-state index in [9.17, 15) is 18.4 Å². The molecule has 198 valence electrons. The van der Waals surface area contributed by atoms with Gasteiger partial charge in [0.15, 0.2) is 0 Å². The number of nitrogens with zero attached hydrogens (tertiary/aromatic N) is 5. The zero-order valence-corrected chi connectivity index (χ0v) is 22.4. The van der Waals surface area contributed by atoms with Gasteiger partial charge in [-0.15, -0.1) is 0 Å². The van der Waals surface area contributed by atoms with E-state index in [1.165, 1.54) is 34.1 Å². The summed E-state index contributed by atoms with van der Waals surface area (Å²) < 4.78 is 30.2. The number of carbonyl (C=O) groups excluding carboxylic acids is 2. The van der Waals surface area contributed by atoms with E-state index in [1.807, 2.05) is 6.92 Å². The number of likely N-dealkylation sites (N-methyl/N-ethyl adjacent to an activating group) is 2. The largest absolute Gasteiger partial charge is 0.340 e. The van der Waals surface area contributed by atoms with E-state index in [-0.39, 0.29) is 65.2 Å². The molecule has 11 heteroatoms. The van der Waals surface area contributed by atoms with Crippen LogP contribution in [0.5, 0.6) is 0 Å². The first-order valence-corrected chi connectivity index (χ1v) is 12.4. The Labute approximate surface area is 225 Å². The van der Waals surface area contributed by atoms with Crippen LogP contribution in [0.25, 0.3) is 0 Å². The number of halogens is 4. The van der Waals surface area contributed by atoms with E-state index in [1.54, 1.807) is 54.3 Å². The second-order valence-corrected chi connectivity index (χ2v) is 9.70. The van der Waals surface area contributed by atoms with Gasteiger partial charge in [-0.25, -0.2) is 8.78 Å². The lowest BCUT2D eigenvalue weighted by molar-refractivity contribution is -0.136. The zero-order valence-electron chi connectivity index (χ0n) is 20.9. The Morgan fingerprint density at radius 2 is 1.38 bits per heavy atom. The van der Waals surface area contributed by atoms with Crippen molar-refractivity contribution in [2.24, 2.45) is 0 Å². The van der Waals surface area contributed by atoms with Crippen LogP contribution in [0.4, 0.5) is 8.78 Å². The number of rotatable bonds is 11. The molecule has 0 aliphatic carbocycles. The number of hydrogen-bond donors (Lipinski definition) is 0. The Balaban J connectivity index is 1.73. The van der Waals surface area contributed by atoms with Crippen LogP contribution in [-0.2, 0) is 29.2 Å². The fourth-order valence-corrected chi connectivity index (χ4v) is 4.21. The summed E-state index contributed by atoms with van der Waals surface area (Å²) in [5.41, 5.74) is 0.433. The van der Waals surface area contributed by atoms with Crippen molar-refractivity contribution in [1.82, 2.24) is 24.5 Å². The maximum absolute atomic E-state index is 14.2. The normalized spacial score (nSPS) is 12.0. The molecular weight excluding hydrogens is 523 g/mol. The minimum absolute atomic E-state index is 0.0225. The van der Waals surface area contributed by atoms with E-state index < -0.39 is 11.6 Å². The van der Waals surface area contributed by atoms with Crippen molar-refractivity contribution < 1.29 is 18.4 Å². The van der Waals surface area contributed by atoms with Gasteiger partial charge in [0.2, 0.25) is 11.8 Å². The molecule has 0 aliphatic heterocycles.